The summed E-state index contributed by atoms with van der Waals surface area (Å²) in [6.45, 7) is 6.98. The summed E-state index contributed by atoms with van der Waals surface area (Å²) < 4.78 is 13.7. The highest BCUT2D eigenvalue weighted by atomic mass is 19.1. The van der Waals surface area contributed by atoms with Crippen LogP contribution in [0.25, 0.3) is 0 Å². The number of benzene rings is 1. The SMILES string of the molecule is CCCCN(CCCC)Cc1ccc(C(=O)O)c(F)c1. The molecule has 0 fully saturated rings. The first-order valence-corrected chi connectivity index (χ1v) is 7.32. The van der Waals surface area contributed by atoms with Crippen molar-refractivity contribution in [3.8, 4) is 0 Å². The molecule has 0 amide bonds. The van der Waals surface area contributed by atoms with Crippen molar-refractivity contribution in [3.63, 3.8) is 0 Å². The molecule has 3 nitrogen and oxygen atoms in total. The Hall–Kier alpha value is -1.42. The molecule has 0 bridgehead atoms. The molecule has 0 aliphatic carbocycles. The van der Waals surface area contributed by atoms with Crippen molar-refractivity contribution in [2.75, 3.05) is 13.1 Å². The zero-order valence-corrected chi connectivity index (χ0v) is 12.4. The maximum atomic E-state index is 13.7. The molecule has 0 saturated carbocycles. The second-order valence-corrected chi connectivity index (χ2v) is 5.10. The van der Waals surface area contributed by atoms with E-state index < -0.39 is 11.8 Å². The fraction of sp³-hybridized carbons (Fsp3) is 0.562. The van der Waals surface area contributed by atoms with E-state index in [1.807, 2.05) is 0 Å². The number of carboxylic acids is 1. The maximum absolute atomic E-state index is 13.7. The van der Waals surface area contributed by atoms with Gasteiger partial charge in [0.05, 0.1) is 5.56 Å². The summed E-state index contributed by atoms with van der Waals surface area (Å²) in [6.07, 6.45) is 4.52. The summed E-state index contributed by atoms with van der Waals surface area (Å²) in [5.41, 5.74) is 0.571. The molecule has 1 rings (SSSR count). The van der Waals surface area contributed by atoms with E-state index in [0.29, 0.717) is 6.54 Å². The second-order valence-electron chi connectivity index (χ2n) is 5.10. The number of unbranched alkanes of at least 4 members (excludes halogenated alkanes) is 2. The molecule has 0 radical (unpaired) electrons. The summed E-state index contributed by atoms with van der Waals surface area (Å²) in [7, 11) is 0. The van der Waals surface area contributed by atoms with Gasteiger partial charge in [0.15, 0.2) is 0 Å². The van der Waals surface area contributed by atoms with E-state index in [1.54, 1.807) is 6.07 Å². The third-order valence-electron chi connectivity index (χ3n) is 3.33. The quantitative estimate of drug-likeness (QED) is 0.745. The molecule has 1 N–H and O–H groups in total. The van der Waals surface area contributed by atoms with E-state index in [4.69, 9.17) is 5.11 Å². The van der Waals surface area contributed by atoms with Gasteiger partial charge in [-0.15, -0.1) is 0 Å². The molecule has 0 heterocycles. The Balaban J connectivity index is 2.71. The van der Waals surface area contributed by atoms with Crippen LogP contribution in [-0.4, -0.2) is 29.1 Å². The van der Waals surface area contributed by atoms with Crippen LogP contribution in [-0.2, 0) is 6.54 Å². The number of rotatable bonds is 9. The third-order valence-corrected chi connectivity index (χ3v) is 3.33. The first-order chi connectivity index (χ1) is 9.58. The number of halogens is 1. The van der Waals surface area contributed by atoms with Gasteiger partial charge in [-0.3, -0.25) is 4.90 Å². The Bertz CT molecular complexity index is 426. The first kappa shape index (κ1) is 16.6. The Labute approximate surface area is 120 Å². The molecule has 4 heteroatoms. The largest absolute Gasteiger partial charge is 0.478 e. The Morgan fingerprint density at radius 3 is 2.25 bits per heavy atom. The van der Waals surface area contributed by atoms with Gasteiger partial charge >= 0.3 is 5.97 Å². The molecule has 20 heavy (non-hydrogen) atoms. The molecular weight excluding hydrogens is 257 g/mol. The van der Waals surface area contributed by atoms with Crippen molar-refractivity contribution in [1.82, 2.24) is 4.90 Å². The van der Waals surface area contributed by atoms with Crippen LogP contribution in [0.4, 0.5) is 4.39 Å². The minimum absolute atomic E-state index is 0.262. The van der Waals surface area contributed by atoms with E-state index in [1.165, 1.54) is 12.1 Å². The molecule has 112 valence electrons. The fourth-order valence-corrected chi connectivity index (χ4v) is 2.12. The number of hydrogen-bond acceptors (Lipinski definition) is 2. The summed E-state index contributed by atoms with van der Waals surface area (Å²) in [4.78, 5) is 13.1. The van der Waals surface area contributed by atoms with Crippen molar-refractivity contribution in [3.05, 3.63) is 35.1 Å². The van der Waals surface area contributed by atoms with Crippen molar-refractivity contribution in [2.45, 2.75) is 46.1 Å². The van der Waals surface area contributed by atoms with Gasteiger partial charge in [0, 0.05) is 6.54 Å². The lowest BCUT2D eigenvalue weighted by atomic mass is 10.1. The maximum Gasteiger partial charge on any atom is 0.338 e. The third kappa shape index (κ3) is 5.29. The molecule has 0 spiro atoms. The monoisotopic (exact) mass is 281 g/mol. The molecule has 0 atom stereocenters. The summed E-state index contributed by atoms with van der Waals surface area (Å²) >= 11 is 0. The average molecular weight is 281 g/mol. The van der Waals surface area contributed by atoms with Crippen LogP contribution in [0, 0.1) is 5.82 Å². The smallest absolute Gasteiger partial charge is 0.338 e. The highest BCUT2D eigenvalue weighted by Crippen LogP contribution is 2.13. The predicted molar refractivity (Wildman–Crippen MR) is 78.5 cm³/mol. The number of aromatic carboxylic acids is 1. The zero-order valence-electron chi connectivity index (χ0n) is 12.4. The van der Waals surface area contributed by atoms with Crippen LogP contribution in [0.1, 0.15) is 55.5 Å². The van der Waals surface area contributed by atoms with Crippen LogP contribution in [0.2, 0.25) is 0 Å². The topological polar surface area (TPSA) is 40.5 Å². The predicted octanol–water partition coefficient (Wildman–Crippen LogP) is 3.93. The van der Waals surface area contributed by atoms with Crippen molar-refractivity contribution < 1.29 is 14.3 Å². The van der Waals surface area contributed by atoms with Crippen molar-refractivity contribution >= 4 is 5.97 Å². The molecule has 0 saturated heterocycles. The van der Waals surface area contributed by atoms with Crippen LogP contribution in [0.15, 0.2) is 18.2 Å². The zero-order chi connectivity index (χ0) is 15.0. The number of carbonyl (C=O) groups is 1. The Kier molecular flexibility index (Phi) is 7.23. The van der Waals surface area contributed by atoms with Crippen LogP contribution in [0.5, 0.6) is 0 Å². The van der Waals surface area contributed by atoms with Gasteiger partial charge in [0.2, 0.25) is 0 Å². The number of nitrogens with zero attached hydrogens (tertiary/aromatic N) is 1. The highest BCUT2D eigenvalue weighted by Gasteiger charge is 2.12. The standard InChI is InChI=1S/C16H24FNO2/c1-3-5-9-18(10-6-4-2)12-13-7-8-14(16(19)20)15(17)11-13/h7-8,11H,3-6,9-10,12H2,1-2H3,(H,19,20). The molecule has 1 aromatic carbocycles. The van der Waals surface area contributed by atoms with E-state index >= 15 is 0 Å². The summed E-state index contributed by atoms with van der Waals surface area (Å²) in [5.74, 6) is -1.87. The van der Waals surface area contributed by atoms with E-state index in [9.17, 15) is 9.18 Å². The lowest BCUT2D eigenvalue weighted by molar-refractivity contribution is 0.0692. The summed E-state index contributed by atoms with van der Waals surface area (Å²) in [5, 5.41) is 8.82. The van der Waals surface area contributed by atoms with Crippen molar-refractivity contribution in [1.29, 1.82) is 0 Å². The van der Waals surface area contributed by atoms with Gasteiger partial charge in [0.1, 0.15) is 5.82 Å². The Morgan fingerprint density at radius 2 is 1.80 bits per heavy atom. The van der Waals surface area contributed by atoms with Crippen LogP contribution >= 0.6 is 0 Å². The fourth-order valence-electron chi connectivity index (χ4n) is 2.12. The van der Waals surface area contributed by atoms with Crippen molar-refractivity contribution in [2.24, 2.45) is 0 Å². The molecule has 0 aliphatic rings. The minimum atomic E-state index is -1.22. The van der Waals surface area contributed by atoms with Gasteiger partial charge in [-0.25, -0.2) is 9.18 Å². The van der Waals surface area contributed by atoms with E-state index in [0.717, 1.165) is 44.3 Å². The van der Waals surface area contributed by atoms with Crippen LogP contribution < -0.4 is 0 Å². The molecule has 1 aromatic rings. The van der Waals surface area contributed by atoms with E-state index in [-0.39, 0.29) is 5.56 Å². The second kappa shape index (κ2) is 8.69. The summed E-state index contributed by atoms with van der Waals surface area (Å²) in [6, 6.07) is 4.40. The average Bonchev–Trinajstić information content (AvgIpc) is 2.41. The number of hydrogen-bond donors (Lipinski definition) is 1. The van der Waals surface area contributed by atoms with Gasteiger partial charge in [-0.1, -0.05) is 32.8 Å². The normalized spacial score (nSPS) is 11.0. The van der Waals surface area contributed by atoms with Crippen LogP contribution in [0.3, 0.4) is 0 Å². The van der Waals surface area contributed by atoms with Gasteiger partial charge in [-0.2, -0.15) is 0 Å². The molecule has 0 aromatic heterocycles. The lowest BCUT2D eigenvalue weighted by Crippen LogP contribution is -2.25. The molecule has 0 unspecified atom stereocenters. The lowest BCUT2D eigenvalue weighted by Gasteiger charge is -2.22. The van der Waals surface area contributed by atoms with Gasteiger partial charge in [0.25, 0.3) is 0 Å². The highest BCUT2D eigenvalue weighted by molar-refractivity contribution is 5.87. The molecular formula is C16H24FNO2. The number of carboxylic acid groups (broad SMARTS) is 1. The van der Waals surface area contributed by atoms with Gasteiger partial charge in [-0.05, 0) is 43.6 Å². The van der Waals surface area contributed by atoms with E-state index in [2.05, 4.69) is 18.7 Å². The minimum Gasteiger partial charge on any atom is -0.478 e. The Morgan fingerprint density at radius 1 is 1.20 bits per heavy atom. The molecule has 0 aliphatic heterocycles. The van der Waals surface area contributed by atoms with Gasteiger partial charge < -0.3 is 5.11 Å². The first-order valence-electron chi connectivity index (χ1n) is 7.32.